The number of aryl methyl sites for hydroxylation is 1. The van der Waals surface area contributed by atoms with Crippen LogP contribution in [-0.4, -0.2) is 41.7 Å². The minimum atomic E-state index is -3.00. The Balaban J connectivity index is 1.72. The Hall–Kier alpha value is -1.34. The number of hydrogen-bond acceptors (Lipinski definition) is 4. The van der Waals surface area contributed by atoms with Gasteiger partial charge in [0.1, 0.15) is 5.15 Å². The minimum absolute atomic E-state index is 0.0686. The Kier molecular flexibility index (Phi) is 5.01. The van der Waals surface area contributed by atoms with Crippen molar-refractivity contribution in [1.82, 2.24) is 15.1 Å². The zero-order valence-corrected chi connectivity index (χ0v) is 15.2. The van der Waals surface area contributed by atoms with Crippen LogP contribution < -0.4 is 5.32 Å². The summed E-state index contributed by atoms with van der Waals surface area (Å²) in [4.78, 5) is 12.0. The second kappa shape index (κ2) is 6.88. The summed E-state index contributed by atoms with van der Waals surface area (Å²) in [6.45, 7) is 1.81. The second-order valence-electron chi connectivity index (χ2n) is 6.61. The fourth-order valence-electron chi connectivity index (χ4n) is 3.41. The van der Waals surface area contributed by atoms with E-state index in [1.807, 2.05) is 0 Å². The zero-order chi connectivity index (χ0) is 17.3. The third-order valence-electron chi connectivity index (χ3n) is 4.73. The van der Waals surface area contributed by atoms with E-state index < -0.39 is 9.84 Å². The number of nitrogens with zero attached hydrogens (tertiary/aromatic N) is 2. The van der Waals surface area contributed by atoms with Gasteiger partial charge < -0.3 is 5.32 Å². The smallest absolute Gasteiger partial charge is 0.244 e. The number of aromatic nitrogens is 2. The molecule has 0 aromatic carbocycles. The van der Waals surface area contributed by atoms with Gasteiger partial charge in [-0.15, -0.1) is 0 Å². The average Bonchev–Trinajstić information content (AvgIpc) is 3.19. The molecule has 1 aromatic heterocycles. The SMILES string of the molecule is Cc1nn([C@@H]2CCS(=O)(=O)C2)c(Cl)c1/C=C/C(=O)NC1CCCC1. The first-order valence-corrected chi connectivity index (χ1v) is 10.5. The van der Waals surface area contributed by atoms with Crippen molar-refractivity contribution in [1.29, 1.82) is 0 Å². The highest BCUT2D eigenvalue weighted by Gasteiger charge is 2.31. The molecule has 1 aliphatic heterocycles. The molecule has 6 nitrogen and oxygen atoms in total. The van der Waals surface area contributed by atoms with Crippen molar-refractivity contribution >= 4 is 33.4 Å². The number of carbonyl (C=O) groups is 1. The monoisotopic (exact) mass is 371 g/mol. The molecule has 0 spiro atoms. The molecule has 1 saturated heterocycles. The molecule has 0 radical (unpaired) electrons. The topological polar surface area (TPSA) is 81.1 Å². The Morgan fingerprint density at radius 2 is 2.04 bits per heavy atom. The molecule has 0 unspecified atom stereocenters. The van der Waals surface area contributed by atoms with Gasteiger partial charge in [0.05, 0.1) is 23.2 Å². The van der Waals surface area contributed by atoms with E-state index in [2.05, 4.69) is 10.4 Å². The van der Waals surface area contributed by atoms with Crippen LogP contribution in [0.25, 0.3) is 6.08 Å². The van der Waals surface area contributed by atoms with Gasteiger partial charge in [-0.25, -0.2) is 13.1 Å². The number of amides is 1. The van der Waals surface area contributed by atoms with E-state index in [0.29, 0.717) is 22.8 Å². The van der Waals surface area contributed by atoms with Crippen molar-refractivity contribution in [3.63, 3.8) is 0 Å². The summed E-state index contributed by atoms with van der Waals surface area (Å²) in [5, 5.41) is 7.75. The number of carbonyl (C=O) groups excluding carboxylic acids is 1. The molecule has 0 bridgehead atoms. The third kappa shape index (κ3) is 3.83. The lowest BCUT2D eigenvalue weighted by Crippen LogP contribution is -2.30. The molecule has 1 amide bonds. The van der Waals surface area contributed by atoms with Crippen molar-refractivity contribution in [2.24, 2.45) is 0 Å². The van der Waals surface area contributed by atoms with Crippen LogP contribution in [0.2, 0.25) is 5.15 Å². The molecule has 1 atom stereocenters. The van der Waals surface area contributed by atoms with E-state index in [9.17, 15) is 13.2 Å². The highest BCUT2D eigenvalue weighted by atomic mass is 35.5. The molecule has 132 valence electrons. The van der Waals surface area contributed by atoms with Crippen molar-refractivity contribution in [2.75, 3.05) is 11.5 Å². The maximum Gasteiger partial charge on any atom is 0.244 e. The van der Waals surface area contributed by atoms with Gasteiger partial charge in [0.25, 0.3) is 0 Å². The first-order valence-electron chi connectivity index (χ1n) is 8.29. The minimum Gasteiger partial charge on any atom is -0.350 e. The summed E-state index contributed by atoms with van der Waals surface area (Å²) >= 11 is 6.38. The number of sulfone groups is 1. The van der Waals surface area contributed by atoms with Gasteiger partial charge in [-0.2, -0.15) is 5.10 Å². The Morgan fingerprint density at radius 1 is 1.33 bits per heavy atom. The maximum atomic E-state index is 12.0. The summed E-state index contributed by atoms with van der Waals surface area (Å²) in [7, 11) is -3.00. The van der Waals surface area contributed by atoms with Gasteiger partial charge in [0.15, 0.2) is 9.84 Å². The number of rotatable bonds is 4. The van der Waals surface area contributed by atoms with E-state index in [0.717, 1.165) is 25.7 Å². The van der Waals surface area contributed by atoms with Crippen LogP contribution in [0.4, 0.5) is 0 Å². The molecule has 1 aliphatic carbocycles. The lowest BCUT2D eigenvalue weighted by Gasteiger charge is -2.10. The Bertz CT molecular complexity index is 764. The standard InChI is InChI=1S/C16H22ClN3O3S/c1-11-14(6-7-15(21)18-12-4-2-3-5-12)16(17)20(19-11)13-8-9-24(22,23)10-13/h6-7,12-13H,2-5,8-10H2,1H3,(H,18,21)/b7-6+/t13-/m1/s1. The zero-order valence-electron chi connectivity index (χ0n) is 13.7. The van der Waals surface area contributed by atoms with Crippen LogP contribution in [0.5, 0.6) is 0 Å². The van der Waals surface area contributed by atoms with Crippen LogP contribution in [0.1, 0.15) is 49.4 Å². The highest BCUT2D eigenvalue weighted by Crippen LogP contribution is 2.30. The van der Waals surface area contributed by atoms with Gasteiger partial charge >= 0.3 is 0 Å². The molecule has 2 fully saturated rings. The summed E-state index contributed by atoms with van der Waals surface area (Å²) < 4.78 is 24.9. The molecule has 1 saturated carbocycles. The largest absolute Gasteiger partial charge is 0.350 e. The molecule has 8 heteroatoms. The third-order valence-corrected chi connectivity index (χ3v) is 6.86. The van der Waals surface area contributed by atoms with E-state index in [4.69, 9.17) is 11.6 Å². The van der Waals surface area contributed by atoms with Crippen molar-refractivity contribution in [3.8, 4) is 0 Å². The summed E-state index contributed by atoms with van der Waals surface area (Å²) in [6, 6.07) is 0.0424. The van der Waals surface area contributed by atoms with Gasteiger partial charge in [-0.1, -0.05) is 24.4 Å². The van der Waals surface area contributed by atoms with Gasteiger partial charge in [-0.05, 0) is 32.3 Å². The molecular weight excluding hydrogens is 350 g/mol. The molecule has 3 rings (SSSR count). The summed E-state index contributed by atoms with van der Waals surface area (Å²) in [5.41, 5.74) is 1.36. The van der Waals surface area contributed by atoms with Crippen LogP contribution in [0.3, 0.4) is 0 Å². The van der Waals surface area contributed by atoms with E-state index in [1.54, 1.807) is 17.7 Å². The lowest BCUT2D eigenvalue weighted by atomic mass is 10.2. The lowest BCUT2D eigenvalue weighted by molar-refractivity contribution is -0.117. The Morgan fingerprint density at radius 3 is 2.67 bits per heavy atom. The molecule has 24 heavy (non-hydrogen) atoms. The first kappa shape index (κ1) is 17.5. The molecular formula is C16H22ClN3O3S. The quantitative estimate of drug-likeness (QED) is 0.823. The molecule has 1 N–H and O–H groups in total. The summed E-state index contributed by atoms with van der Waals surface area (Å²) in [6.07, 6.45) is 8.06. The summed E-state index contributed by atoms with van der Waals surface area (Å²) in [5.74, 6) is 0.106. The predicted molar refractivity (Wildman–Crippen MR) is 93.7 cm³/mol. The van der Waals surface area contributed by atoms with Gasteiger partial charge in [0, 0.05) is 17.7 Å². The van der Waals surface area contributed by atoms with E-state index >= 15 is 0 Å². The molecule has 2 aliphatic rings. The number of halogens is 1. The Labute approximate surface area is 147 Å². The molecule has 1 aromatic rings. The fraction of sp³-hybridized carbons (Fsp3) is 0.625. The first-order chi connectivity index (χ1) is 11.4. The van der Waals surface area contributed by atoms with Crippen molar-refractivity contribution in [2.45, 2.75) is 51.1 Å². The van der Waals surface area contributed by atoms with Gasteiger partial charge in [-0.3, -0.25) is 4.79 Å². The van der Waals surface area contributed by atoms with Crippen molar-refractivity contribution in [3.05, 3.63) is 22.5 Å². The van der Waals surface area contributed by atoms with Crippen LogP contribution in [0, 0.1) is 6.92 Å². The van der Waals surface area contributed by atoms with Gasteiger partial charge in [0.2, 0.25) is 5.91 Å². The van der Waals surface area contributed by atoms with Crippen LogP contribution >= 0.6 is 11.6 Å². The van der Waals surface area contributed by atoms with E-state index in [1.165, 1.54) is 6.08 Å². The highest BCUT2D eigenvalue weighted by molar-refractivity contribution is 7.91. The second-order valence-corrected chi connectivity index (χ2v) is 9.20. The number of nitrogens with one attached hydrogen (secondary N) is 1. The number of hydrogen-bond donors (Lipinski definition) is 1. The maximum absolute atomic E-state index is 12.0. The van der Waals surface area contributed by atoms with Crippen molar-refractivity contribution < 1.29 is 13.2 Å². The van der Waals surface area contributed by atoms with E-state index in [-0.39, 0.29) is 29.5 Å². The normalized spacial score (nSPS) is 24.0. The van der Waals surface area contributed by atoms with Crippen LogP contribution in [0.15, 0.2) is 6.08 Å². The van der Waals surface area contributed by atoms with Crippen LogP contribution in [-0.2, 0) is 14.6 Å². The average molecular weight is 372 g/mol. The fourth-order valence-corrected chi connectivity index (χ4v) is 5.48. The molecule has 2 heterocycles. The predicted octanol–water partition coefficient (Wildman–Crippen LogP) is 2.28.